The Bertz CT molecular complexity index is 1070. The number of rotatable bonds is 6. The zero-order valence-corrected chi connectivity index (χ0v) is 17.4. The van der Waals surface area contributed by atoms with Crippen LogP contribution in [-0.4, -0.2) is 26.2 Å². The Morgan fingerprint density at radius 1 is 0.821 bits per heavy atom. The summed E-state index contributed by atoms with van der Waals surface area (Å²) in [5.41, 5.74) is 5.87. The third-order valence-corrected chi connectivity index (χ3v) is 5.17. The highest BCUT2D eigenvalue weighted by atomic mass is 16.5. The van der Waals surface area contributed by atoms with Crippen LogP contribution in [0.1, 0.15) is 27.8 Å². The number of methoxy groups -OCH3 is 2. The first-order chi connectivity index (χ1) is 13.3. The molecule has 0 radical (unpaired) electrons. The van der Waals surface area contributed by atoms with Crippen LogP contribution in [0.4, 0.5) is 0 Å². The minimum atomic E-state index is -0.318. The Balaban J connectivity index is 1.91. The lowest BCUT2D eigenvalue weighted by Gasteiger charge is -2.20. The molecule has 5 nitrogen and oxygen atoms in total. The predicted molar refractivity (Wildman–Crippen MR) is 111 cm³/mol. The SMILES string of the molecule is COc1cc(C)c(CN(C)Cc2cc(=O)oc3cc(C)c(C)cc23)cc1OC. The molecule has 28 heavy (non-hydrogen) atoms. The number of nitrogens with zero attached hydrogens (tertiary/aromatic N) is 1. The first-order valence-corrected chi connectivity index (χ1v) is 9.26. The molecule has 1 aromatic heterocycles. The van der Waals surface area contributed by atoms with E-state index in [1.54, 1.807) is 20.3 Å². The van der Waals surface area contributed by atoms with Gasteiger partial charge in [-0.3, -0.25) is 4.90 Å². The lowest BCUT2D eigenvalue weighted by molar-refractivity contribution is 0.316. The number of hydrogen-bond donors (Lipinski definition) is 0. The lowest BCUT2D eigenvalue weighted by atomic mass is 10.0. The molecule has 5 heteroatoms. The summed E-state index contributed by atoms with van der Waals surface area (Å²) >= 11 is 0. The van der Waals surface area contributed by atoms with Crippen molar-refractivity contribution < 1.29 is 13.9 Å². The average molecular weight is 381 g/mol. The minimum absolute atomic E-state index is 0.318. The summed E-state index contributed by atoms with van der Waals surface area (Å²) in [6, 6.07) is 9.62. The third-order valence-electron chi connectivity index (χ3n) is 5.17. The van der Waals surface area contributed by atoms with Crippen LogP contribution in [-0.2, 0) is 13.1 Å². The molecule has 0 spiro atoms. The third kappa shape index (κ3) is 4.04. The Morgan fingerprint density at radius 3 is 2.11 bits per heavy atom. The van der Waals surface area contributed by atoms with Crippen LogP contribution in [0.3, 0.4) is 0 Å². The summed E-state index contributed by atoms with van der Waals surface area (Å²) in [4.78, 5) is 14.2. The van der Waals surface area contributed by atoms with Gasteiger partial charge in [-0.1, -0.05) is 0 Å². The standard InChI is InChI=1S/C23H27NO4/c1-14-7-19-18(11-23(25)28-20(19)8-15(14)2)13-24(4)12-17-10-22(27-6)21(26-5)9-16(17)3/h7-11H,12-13H2,1-6H3. The molecule has 0 fully saturated rings. The van der Waals surface area contributed by atoms with Gasteiger partial charge in [0, 0.05) is 24.5 Å². The second-order valence-corrected chi connectivity index (χ2v) is 7.33. The Morgan fingerprint density at radius 2 is 1.43 bits per heavy atom. The summed E-state index contributed by atoms with van der Waals surface area (Å²) in [5.74, 6) is 1.44. The summed E-state index contributed by atoms with van der Waals surface area (Å²) < 4.78 is 16.2. The van der Waals surface area contributed by atoms with E-state index >= 15 is 0 Å². The first-order valence-electron chi connectivity index (χ1n) is 9.26. The summed E-state index contributed by atoms with van der Waals surface area (Å²) in [6.45, 7) is 7.51. The topological polar surface area (TPSA) is 51.9 Å². The quantitative estimate of drug-likeness (QED) is 0.594. The number of aryl methyl sites for hydroxylation is 3. The van der Waals surface area contributed by atoms with Gasteiger partial charge in [0.1, 0.15) is 5.58 Å². The maximum Gasteiger partial charge on any atom is 0.336 e. The zero-order valence-electron chi connectivity index (χ0n) is 17.4. The molecule has 0 saturated heterocycles. The van der Waals surface area contributed by atoms with E-state index in [9.17, 15) is 4.79 Å². The van der Waals surface area contributed by atoms with Gasteiger partial charge in [-0.2, -0.15) is 0 Å². The molecule has 2 aromatic carbocycles. The van der Waals surface area contributed by atoms with E-state index in [4.69, 9.17) is 13.9 Å². The summed E-state index contributed by atoms with van der Waals surface area (Å²) in [7, 11) is 5.32. The van der Waals surface area contributed by atoms with Gasteiger partial charge in [0.05, 0.1) is 14.2 Å². The van der Waals surface area contributed by atoms with Crippen molar-refractivity contribution in [3.8, 4) is 11.5 Å². The fourth-order valence-electron chi connectivity index (χ4n) is 3.44. The lowest BCUT2D eigenvalue weighted by Crippen LogP contribution is -2.19. The first kappa shape index (κ1) is 20.0. The maximum absolute atomic E-state index is 12.0. The molecule has 0 unspecified atom stereocenters. The highest BCUT2D eigenvalue weighted by molar-refractivity contribution is 5.81. The van der Waals surface area contributed by atoms with Gasteiger partial charge in [-0.25, -0.2) is 4.79 Å². The van der Waals surface area contributed by atoms with Crippen molar-refractivity contribution in [2.45, 2.75) is 33.9 Å². The highest BCUT2D eigenvalue weighted by Crippen LogP contribution is 2.31. The number of ether oxygens (including phenoxy) is 2. The van der Waals surface area contributed by atoms with Crippen molar-refractivity contribution in [2.75, 3.05) is 21.3 Å². The van der Waals surface area contributed by atoms with E-state index in [0.717, 1.165) is 39.9 Å². The van der Waals surface area contributed by atoms with E-state index in [1.165, 1.54) is 5.56 Å². The molecule has 1 heterocycles. The van der Waals surface area contributed by atoms with Crippen LogP contribution in [0.15, 0.2) is 39.5 Å². The Kier molecular flexibility index (Phi) is 5.75. The number of hydrogen-bond acceptors (Lipinski definition) is 5. The van der Waals surface area contributed by atoms with Gasteiger partial charge in [-0.15, -0.1) is 0 Å². The van der Waals surface area contributed by atoms with Crippen molar-refractivity contribution in [1.82, 2.24) is 4.90 Å². The number of benzene rings is 2. The summed E-state index contributed by atoms with van der Waals surface area (Å²) in [6.07, 6.45) is 0. The fourth-order valence-corrected chi connectivity index (χ4v) is 3.44. The Hall–Kier alpha value is -2.79. The van der Waals surface area contributed by atoms with Crippen molar-refractivity contribution in [1.29, 1.82) is 0 Å². The normalized spacial score (nSPS) is 11.2. The molecule has 148 valence electrons. The Labute approximate surface area is 165 Å². The second-order valence-electron chi connectivity index (χ2n) is 7.33. The highest BCUT2D eigenvalue weighted by Gasteiger charge is 2.13. The van der Waals surface area contributed by atoms with Gasteiger partial charge in [0.15, 0.2) is 11.5 Å². The molecule has 0 amide bonds. The van der Waals surface area contributed by atoms with Crippen molar-refractivity contribution >= 4 is 11.0 Å². The maximum atomic E-state index is 12.0. The molecule has 0 aliphatic rings. The average Bonchev–Trinajstić information content (AvgIpc) is 2.64. The molecule has 3 aromatic rings. The van der Waals surface area contributed by atoms with E-state index in [0.29, 0.717) is 17.9 Å². The predicted octanol–water partition coefficient (Wildman–Crippen LogP) is 4.37. The van der Waals surface area contributed by atoms with Gasteiger partial charge in [-0.05, 0) is 79.9 Å². The van der Waals surface area contributed by atoms with Gasteiger partial charge in [0.2, 0.25) is 0 Å². The van der Waals surface area contributed by atoms with Crippen molar-refractivity contribution in [2.24, 2.45) is 0 Å². The minimum Gasteiger partial charge on any atom is -0.493 e. The molecule has 0 atom stereocenters. The van der Waals surface area contributed by atoms with Crippen LogP contribution < -0.4 is 15.1 Å². The number of fused-ring (bicyclic) bond motifs is 1. The van der Waals surface area contributed by atoms with E-state index in [2.05, 4.69) is 24.8 Å². The van der Waals surface area contributed by atoms with Crippen LogP contribution in [0.25, 0.3) is 11.0 Å². The van der Waals surface area contributed by atoms with Crippen molar-refractivity contribution in [3.63, 3.8) is 0 Å². The molecular weight excluding hydrogens is 354 g/mol. The van der Waals surface area contributed by atoms with E-state index in [-0.39, 0.29) is 5.63 Å². The van der Waals surface area contributed by atoms with Gasteiger partial charge >= 0.3 is 5.63 Å². The van der Waals surface area contributed by atoms with Crippen LogP contribution in [0.5, 0.6) is 11.5 Å². The van der Waals surface area contributed by atoms with Gasteiger partial charge in [0.25, 0.3) is 0 Å². The zero-order chi connectivity index (χ0) is 20.4. The molecular formula is C23H27NO4. The molecule has 0 aliphatic heterocycles. The van der Waals surface area contributed by atoms with Crippen LogP contribution in [0, 0.1) is 20.8 Å². The molecule has 0 bridgehead atoms. The van der Waals surface area contributed by atoms with E-state index < -0.39 is 0 Å². The van der Waals surface area contributed by atoms with Crippen molar-refractivity contribution in [3.05, 3.63) is 68.6 Å². The molecule has 3 rings (SSSR count). The van der Waals surface area contributed by atoms with E-state index in [1.807, 2.05) is 32.2 Å². The molecule has 0 aliphatic carbocycles. The molecule has 0 saturated carbocycles. The summed E-state index contributed by atoms with van der Waals surface area (Å²) in [5, 5.41) is 0.985. The smallest absolute Gasteiger partial charge is 0.336 e. The fraction of sp³-hybridized carbons (Fsp3) is 0.348. The monoisotopic (exact) mass is 381 g/mol. The largest absolute Gasteiger partial charge is 0.493 e. The molecule has 0 N–H and O–H groups in total. The van der Waals surface area contributed by atoms with Crippen LogP contribution >= 0.6 is 0 Å². The van der Waals surface area contributed by atoms with Gasteiger partial charge < -0.3 is 13.9 Å². The second kappa shape index (κ2) is 8.07. The van der Waals surface area contributed by atoms with Crippen LogP contribution in [0.2, 0.25) is 0 Å².